The second kappa shape index (κ2) is 13.6. The number of carbonyl (C=O) groups excluding carboxylic acids is 2. The van der Waals surface area contributed by atoms with Crippen molar-refractivity contribution < 1.29 is 23.8 Å². The molecular weight excluding hydrogens is 400 g/mol. The van der Waals surface area contributed by atoms with Crippen LogP contribution >= 0.6 is 15.9 Å². The van der Waals surface area contributed by atoms with Crippen LogP contribution in [-0.2, 0) is 9.47 Å². The van der Waals surface area contributed by atoms with E-state index in [4.69, 9.17) is 14.2 Å². The van der Waals surface area contributed by atoms with Crippen LogP contribution in [0.25, 0.3) is 0 Å². The zero-order chi connectivity index (χ0) is 19.2. The van der Waals surface area contributed by atoms with Crippen molar-refractivity contribution in [3.63, 3.8) is 0 Å². The lowest BCUT2D eigenvalue weighted by molar-refractivity contribution is 0.0598. The molecule has 1 aromatic rings. The number of hydrogen-bond acceptors (Lipinski definition) is 5. The van der Waals surface area contributed by atoms with Gasteiger partial charge >= 0.3 is 11.9 Å². The average molecular weight is 429 g/mol. The topological polar surface area (TPSA) is 61.8 Å². The van der Waals surface area contributed by atoms with Crippen LogP contribution in [0.1, 0.15) is 72.1 Å². The van der Waals surface area contributed by atoms with E-state index in [-0.39, 0.29) is 11.1 Å². The van der Waals surface area contributed by atoms with E-state index in [1.54, 1.807) is 12.1 Å². The van der Waals surface area contributed by atoms with Gasteiger partial charge in [0.25, 0.3) is 0 Å². The lowest BCUT2D eigenvalue weighted by Gasteiger charge is -2.10. The van der Waals surface area contributed by atoms with Gasteiger partial charge in [-0.15, -0.1) is 0 Å². The predicted octanol–water partition coefficient (Wildman–Crippen LogP) is 5.15. The molecule has 0 aliphatic rings. The molecule has 1 aromatic carbocycles. The molecule has 0 heterocycles. The third-order valence-corrected chi connectivity index (χ3v) is 4.61. The second-order valence-corrected chi connectivity index (χ2v) is 6.89. The molecule has 0 aliphatic carbocycles. The van der Waals surface area contributed by atoms with E-state index in [1.165, 1.54) is 58.8 Å². The standard InChI is InChI=1S/C20H29BrO5/c1-24-19(22)16-13-17(20(23)25-2)15-18(14-16)26-12-10-8-6-4-3-5-7-9-11-21/h13-15H,3-12H2,1-2H3. The third-order valence-electron chi connectivity index (χ3n) is 4.05. The van der Waals surface area contributed by atoms with Crippen LogP contribution in [-0.4, -0.2) is 38.1 Å². The summed E-state index contributed by atoms with van der Waals surface area (Å²) < 4.78 is 15.1. The predicted molar refractivity (Wildman–Crippen MR) is 105 cm³/mol. The largest absolute Gasteiger partial charge is 0.494 e. The Balaban J connectivity index is 2.39. The van der Waals surface area contributed by atoms with Crippen LogP contribution in [0.2, 0.25) is 0 Å². The van der Waals surface area contributed by atoms with Crippen LogP contribution in [0.4, 0.5) is 0 Å². The summed E-state index contributed by atoms with van der Waals surface area (Å²) >= 11 is 3.45. The Morgan fingerprint density at radius 3 is 1.69 bits per heavy atom. The second-order valence-electron chi connectivity index (χ2n) is 6.10. The van der Waals surface area contributed by atoms with Gasteiger partial charge in [0.15, 0.2) is 0 Å². The van der Waals surface area contributed by atoms with Crippen molar-refractivity contribution >= 4 is 27.9 Å². The molecule has 0 bridgehead atoms. The molecular formula is C20H29BrO5. The van der Waals surface area contributed by atoms with Crippen molar-refractivity contribution in [2.75, 3.05) is 26.2 Å². The van der Waals surface area contributed by atoms with E-state index in [1.807, 2.05) is 0 Å². The van der Waals surface area contributed by atoms with E-state index in [2.05, 4.69) is 15.9 Å². The monoisotopic (exact) mass is 428 g/mol. The van der Waals surface area contributed by atoms with Crippen LogP contribution in [0.3, 0.4) is 0 Å². The van der Waals surface area contributed by atoms with Gasteiger partial charge in [0.05, 0.1) is 32.0 Å². The minimum absolute atomic E-state index is 0.272. The summed E-state index contributed by atoms with van der Waals surface area (Å²) in [5.41, 5.74) is 0.544. The van der Waals surface area contributed by atoms with Gasteiger partial charge in [0, 0.05) is 5.33 Å². The van der Waals surface area contributed by atoms with Crippen LogP contribution in [0.15, 0.2) is 18.2 Å². The molecule has 0 atom stereocenters. The summed E-state index contributed by atoms with van der Waals surface area (Å²) in [5, 5.41) is 1.10. The molecule has 0 saturated carbocycles. The van der Waals surface area contributed by atoms with Crippen LogP contribution < -0.4 is 4.74 Å². The maximum atomic E-state index is 11.7. The Labute approximate surface area is 164 Å². The van der Waals surface area contributed by atoms with E-state index in [0.29, 0.717) is 12.4 Å². The van der Waals surface area contributed by atoms with Gasteiger partial charge in [-0.2, -0.15) is 0 Å². The Hall–Kier alpha value is -1.56. The quantitative estimate of drug-likeness (QED) is 0.246. The van der Waals surface area contributed by atoms with Gasteiger partial charge in [-0.25, -0.2) is 9.59 Å². The zero-order valence-electron chi connectivity index (χ0n) is 15.7. The highest BCUT2D eigenvalue weighted by molar-refractivity contribution is 9.09. The first-order valence-electron chi connectivity index (χ1n) is 9.13. The van der Waals surface area contributed by atoms with Crippen molar-refractivity contribution in [3.8, 4) is 5.75 Å². The highest BCUT2D eigenvalue weighted by atomic mass is 79.9. The van der Waals surface area contributed by atoms with Crippen molar-refractivity contribution in [2.24, 2.45) is 0 Å². The third kappa shape index (κ3) is 8.70. The number of hydrogen-bond donors (Lipinski definition) is 0. The Bertz CT molecular complexity index is 525. The first-order valence-corrected chi connectivity index (χ1v) is 10.2. The maximum Gasteiger partial charge on any atom is 0.338 e. The summed E-state index contributed by atoms with van der Waals surface area (Å²) in [6, 6.07) is 4.62. The van der Waals surface area contributed by atoms with Gasteiger partial charge in [0.1, 0.15) is 5.75 Å². The number of halogens is 1. The van der Waals surface area contributed by atoms with Gasteiger partial charge in [-0.1, -0.05) is 54.5 Å². The van der Waals surface area contributed by atoms with Gasteiger partial charge < -0.3 is 14.2 Å². The summed E-state index contributed by atoms with van der Waals surface area (Å²) in [6.45, 7) is 0.550. The van der Waals surface area contributed by atoms with Crippen molar-refractivity contribution in [2.45, 2.75) is 51.4 Å². The average Bonchev–Trinajstić information content (AvgIpc) is 2.67. The van der Waals surface area contributed by atoms with Crippen LogP contribution in [0.5, 0.6) is 5.75 Å². The molecule has 0 N–H and O–H groups in total. The number of alkyl halides is 1. The molecule has 0 spiro atoms. The van der Waals surface area contributed by atoms with Crippen LogP contribution in [0, 0.1) is 0 Å². The fraction of sp³-hybridized carbons (Fsp3) is 0.600. The molecule has 0 amide bonds. The first kappa shape index (κ1) is 22.5. The number of unbranched alkanes of at least 4 members (excludes halogenated alkanes) is 7. The molecule has 5 nitrogen and oxygen atoms in total. The molecule has 0 unspecified atom stereocenters. The maximum absolute atomic E-state index is 11.7. The smallest absolute Gasteiger partial charge is 0.338 e. The lowest BCUT2D eigenvalue weighted by Crippen LogP contribution is -2.08. The van der Waals surface area contributed by atoms with Crippen molar-refractivity contribution in [1.29, 1.82) is 0 Å². The molecule has 6 heteroatoms. The molecule has 0 fully saturated rings. The lowest BCUT2D eigenvalue weighted by atomic mass is 10.1. The SMILES string of the molecule is COC(=O)c1cc(OCCCCCCCCCCBr)cc(C(=O)OC)c1. The summed E-state index contributed by atoms with van der Waals surface area (Å²) in [5.74, 6) is -0.552. The van der Waals surface area contributed by atoms with E-state index >= 15 is 0 Å². The molecule has 1 rings (SSSR count). The van der Waals surface area contributed by atoms with E-state index in [9.17, 15) is 9.59 Å². The van der Waals surface area contributed by atoms with Crippen molar-refractivity contribution in [1.82, 2.24) is 0 Å². The summed E-state index contributed by atoms with van der Waals surface area (Å²) in [6.07, 6.45) is 9.66. The highest BCUT2D eigenvalue weighted by Crippen LogP contribution is 2.20. The number of benzene rings is 1. The summed E-state index contributed by atoms with van der Waals surface area (Å²) in [7, 11) is 2.60. The zero-order valence-corrected chi connectivity index (χ0v) is 17.3. The molecule has 0 saturated heterocycles. The van der Waals surface area contributed by atoms with E-state index in [0.717, 1.165) is 18.2 Å². The minimum Gasteiger partial charge on any atom is -0.494 e. The number of rotatable bonds is 13. The Morgan fingerprint density at radius 2 is 1.23 bits per heavy atom. The summed E-state index contributed by atoms with van der Waals surface area (Å²) in [4.78, 5) is 23.5. The number of carbonyl (C=O) groups is 2. The number of ether oxygens (including phenoxy) is 3. The normalized spacial score (nSPS) is 10.4. The number of methoxy groups -OCH3 is 2. The Kier molecular flexibility index (Phi) is 11.8. The number of esters is 2. The highest BCUT2D eigenvalue weighted by Gasteiger charge is 2.14. The van der Waals surface area contributed by atoms with Crippen molar-refractivity contribution in [3.05, 3.63) is 29.3 Å². The van der Waals surface area contributed by atoms with Gasteiger partial charge in [-0.3, -0.25) is 0 Å². The Morgan fingerprint density at radius 1 is 0.769 bits per heavy atom. The molecule has 0 aromatic heterocycles. The van der Waals surface area contributed by atoms with E-state index < -0.39 is 11.9 Å². The molecule has 0 radical (unpaired) electrons. The first-order chi connectivity index (χ1) is 12.6. The van der Waals surface area contributed by atoms with Gasteiger partial charge in [-0.05, 0) is 31.0 Å². The fourth-order valence-corrected chi connectivity index (χ4v) is 3.00. The molecule has 146 valence electrons. The minimum atomic E-state index is -0.513. The van der Waals surface area contributed by atoms with Gasteiger partial charge in [0.2, 0.25) is 0 Å². The molecule has 26 heavy (non-hydrogen) atoms. The fourth-order valence-electron chi connectivity index (χ4n) is 2.60. The molecule has 0 aliphatic heterocycles.